The first-order valence-electron chi connectivity index (χ1n) is 8.52. The Hall–Kier alpha value is -1.57. The van der Waals surface area contributed by atoms with E-state index in [2.05, 4.69) is 22.5 Å². The van der Waals surface area contributed by atoms with Crippen LogP contribution in [0.2, 0.25) is 0 Å². The maximum Gasteiger partial charge on any atom is 0.411 e. The van der Waals surface area contributed by atoms with Crippen molar-refractivity contribution in [3.63, 3.8) is 0 Å². The van der Waals surface area contributed by atoms with Crippen LogP contribution in [0.5, 0.6) is 0 Å². The lowest BCUT2D eigenvalue weighted by Crippen LogP contribution is -2.31. The van der Waals surface area contributed by atoms with Gasteiger partial charge in [-0.2, -0.15) is 0 Å². The monoisotopic (exact) mass is 367 g/mol. The van der Waals surface area contributed by atoms with Crippen LogP contribution >= 0.6 is 11.8 Å². The molecule has 6 nitrogen and oxygen atoms in total. The van der Waals surface area contributed by atoms with Gasteiger partial charge in [-0.05, 0) is 45.6 Å². The van der Waals surface area contributed by atoms with Crippen molar-refractivity contribution < 1.29 is 14.6 Å². The number of nitrogens with zero attached hydrogens (tertiary/aromatic N) is 1. The molecule has 25 heavy (non-hydrogen) atoms. The summed E-state index contributed by atoms with van der Waals surface area (Å²) in [7, 11) is 0. The van der Waals surface area contributed by atoms with Crippen molar-refractivity contribution in [2.24, 2.45) is 4.99 Å². The highest BCUT2D eigenvalue weighted by atomic mass is 32.2. The first-order chi connectivity index (χ1) is 11.8. The molecule has 0 aliphatic carbocycles. The first-order valence-corrected chi connectivity index (χ1v) is 9.50. The molecule has 0 fully saturated rings. The van der Waals surface area contributed by atoms with Crippen molar-refractivity contribution >= 4 is 28.6 Å². The largest absolute Gasteiger partial charge is 0.447 e. The summed E-state index contributed by atoms with van der Waals surface area (Å²) >= 11 is 1.66. The lowest BCUT2D eigenvalue weighted by molar-refractivity contribution is 0.130. The van der Waals surface area contributed by atoms with E-state index in [9.17, 15) is 9.90 Å². The van der Waals surface area contributed by atoms with Crippen molar-refractivity contribution in [2.45, 2.75) is 53.0 Å². The number of aliphatic hydroxyl groups is 1. The lowest BCUT2D eigenvalue weighted by Gasteiger charge is -2.14. The fraction of sp³-hybridized carbons (Fsp3) is 0.556. The highest BCUT2D eigenvalue weighted by molar-refractivity contribution is 8.14. The summed E-state index contributed by atoms with van der Waals surface area (Å²) in [5.41, 5.74) is 1.66. The van der Waals surface area contributed by atoms with E-state index < -0.39 is 12.2 Å². The fourth-order valence-electron chi connectivity index (χ4n) is 1.95. The minimum Gasteiger partial charge on any atom is -0.447 e. The third-order valence-corrected chi connectivity index (χ3v) is 3.92. The summed E-state index contributed by atoms with van der Waals surface area (Å²) in [6, 6.07) is 7.51. The maximum atomic E-state index is 11.6. The number of benzene rings is 1. The molecule has 1 aromatic carbocycles. The number of carbonyl (C=O) groups is 1. The van der Waals surface area contributed by atoms with Gasteiger partial charge in [-0.15, -0.1) is 11.8 Å². The number of carbonyl (C=O) groups excluding carboxylic acids is 1. The van der Waals surface area contributed by atoms with Crippen LogP contribution in [0.15, 0.2) is 29.3 Å². The molecule has 2 atom stereocenters. The summed E-state index contributed by atoms with van der Waals surface area (Å²) in [6.07, 6.45) is -1.12. The topological polar surface area (TPSA) is 83.0 Å². The standard InChI is InChI=1S/C18H29N3O3S/c1-6-25-17(20-14(5)19-11-13(4)22)15-7-9-16(10-8-15)21-18(23)24-12(2)3/h7-10,12-14,19,22H,6,11H2,1-5H3,(H,21,23). The second kappa shape index (κ2) is 11.1. The predicted octanol–water partition coefficient (Wildman–Crippen LogP) is 3.46. The average Bonchev–Trinajstić information content (AvgIpc) is 2.52. The van der Waals surface area contributed by atoms with Gasteiger partial charge in [0.15, 0.2) is 0 Å². The van der Waals surface area contributed by atoms with E-state index in [1.807, 2.05) is 31.2 Å². The van der Waals surface area contributed by atoms with Gasteiger partial charge in [-0.3, -0.25) is 15.6 Å². The van der Waals surface area contributed by atoms with Crippen molar-refractivity contribution in [3.8, 4) is 0 Å². The third-order valence-electron chi connectivity index (χ3n) is 3.02. The van der Waals surface area contributed by atoms with E-state index in [1.165, 1.54) is 0 Å². The van der Waals surface area contributed by atoms with Crippen LogP contribution in [-0.2, 0) is 4.74 Å². The smallest absolute Gasteiger partial charge is 0.411 e. The van der Waals surface area contributed by atoms with Gasteiger partial charge in [0.1, 0.15) is 0 Å². The average molecular weight is 368 g/mol. The van der Waals surface area contributed by atoms with Crippen LogP contribution in [0.4, 0.5) is 10.5 Å². The Bertz CT molecular complexity index is 559. The summed E-state index contributed by atoms with van der Waals surface area (Å²) in [6.45, 7) is 9.87. The van der Waals surface area contributed by atoms with Crippen molar-refractivity contribution in [1.29, 1.82) is 0 Å². The van der Waals surface area contributed by atoms with E-state index >= 15 is 0 Å². The van der Waals surface area contributed by atoms with E-state index in [-0.39, 0.29) is 12.3 Å². The van der Waals surface area contributed by atoms with Crippen molar-refractivity contribution in [1.82, 2.24) is 5.32 Å². The molecule has 0 spiro atoms. The molecule has 1 amide bonds. The van der Waals surface area contributed by atoms with Crippen LogP contribution in [0.1, 0.15) is 40.2 Å². The quantitative estimate of drug-likeness (QED) is 0.484. The molecule has 0 aliphatic heterocycles. The lowest BCUT2D eigenvalue weighted by atomic mass is 10.2. The summed E-state index contributed by atoms with van der Waals surface area (Å²) in [4.78, 5) is 16.3. The Labute approximate surface area is 154 Å². The molecule has 0 radical (unpaired) electrons. The van der Waals surface area contributed by atoms with Crippen LogP contribution in [0.3, 0.4) is 0 Å². The summed E-state index contributed by atoms with van der Waals surface area (Å²) in [5.74, 6) is 0.905. The molecule has 0 saturated heterocycles. The van der Waals surface area contributed by atoms with Crippen LogP contribution < -0.4 is 10.6 Å². The van der Waals surface area contributed by atoms with Gasteiger partial charge in [0, 0.05) is 17.8 Å². The van der Waals surface area contributed by atoms with Crippen molar-refractivity contribution in [2.75, 3.05) is 17.6 Å². The fourth-order valence-corrected chi connectivity index (χ4v) is 2.76. The van der Waals surface area contributed by atoms with Crippen LogP contribution in [0, 0.1) is 0 Å². The van der Waals surface area contributed by atoms with E-state index in [0.29, 0.717) is 12.2 Å². The van der Waals surface area contributed by atoms with E-state index in [0.717, 1.165) is 16.4 Å². The molecule has 1 rings (SSSR count). The minimum atomic E-state index is -0.462. The summed E-state index contributed by atoms with van der Waals surface area (Å²) in [5, 5.41) is 16.1. The van der Waals surface area contributed by atoms with Gasteiger partial charge in [-0.1, -0.05) is 19.1 Å². The second-order valence-corrected chi connectivity index (χ2v) is 7.21. The normalized spacial score (nSPS) is 14.3. The van der Waals surface area contributed by atoms with Gasteiger partial charge in [0.05, 0.1) is 23.4 Å². The van der Waals surface area contributed by atoms with Crippen LogP contribution in [-0.4, -0.2) is 46.9 Å². The number of nitrogens with one attached hydrogen (secondary N) is 2. The van der Waals surface area contributed by atoms with Gasteiger partial charge < -0.3 is 9.84 Å². The Morgan fingerprint density at radius 3 is 2.40 bits per heavy atom. The number of anilines is 1. The molecule has 0 bridgehead atoms. The SMILES string of the molecule is CCSC(=NC(C)NCC(C)O)c1ccc(NC(=O)OC(C)C)cc1. The molecule has 0 heterocycles. The highest BCUT2D eigenvalue weighted by Crippen LogP contribution is 2.18. The number of aliphatic imine (C=N–C) groups is 1. The van der Waals surface area contributed by atoms with Gasteiger partial charge >= 0.3 is 6.09 Å². The molecule has 0 saturated carbocycles. The molecule has 140 valence electrons. The number of hydrogen-bond acceptors (Lipinski definition) is 6. The number of hydrogen-bond donors (Lipinski definition) is 3. The maximum absolute atomic E-state index is 11.6. The highest BCUT2D eigenvalue weighted by Gasteiger charge is 2.09. The molecular formula is C18H29N3O3S. The number of aliphatic hydroxyl groups excluding tert-OH is 1. The second-order valence-electron chi connectivity index (χ2n) is 5.96. The number of ether oxygens (including phenoxy) is 1. The number of thioether (sulfide) groups is 1. The molecular weight excluding hydrogens is 338 g/mol. The number of amides is 1. The Morgan fingerprint density at radius 1 is 1.24 bits per heavy atom. The molecule has 0 aromatic heterocycles. The zero-order valence-electron chi connectivity index (χ0n) is 15.6. The van der Waals surface area contributed by atoms with Gasteiger partial charge in [0.25, 0.3) is 0 Å². The minimum absolute atomic E-state index is 0.0949. The van der Waals surface area contributed by atoms with Crippen molar-refractivity contribution in [3.05, 3.63) is 29.8 Å². The van der Waals surface area contributed by atoms with E-state index in [1.54, 1.807) is 32.5 Å². The first kappa shape index (κ1) is 21.5. The molecule has 7 heteroatoms. The Kier molecular flexibility index (Phi) is 9.55. The summed E-state index contributed by atoms with van der Waals surface area (Å²) < 4.78 is 5.06. The zero-order valence-corrected chi connectivity index (χ0v) is 16.4. The molecule has 3 N–H and O–H groups in total. The molecule has 0 aliphatic rings. The van der Waals surface area contributed by atoms with Gasteiger partial charge in [-0.25, -0.2) is 4.79 Å². The van der Waals surface area contributed by atoms with Crippen LogP contribution in [0.25, 0.3) is 0 Å². The van der Waals surface area contributed by atoms with Gasteiger partial charge in [0.2, 0.25) is 0 Å². The Morgan fingerprint density at radius 2 is 1.88 bits per heavy atom. The third kappa shape index (κ3) is 8.90. The molecule has 1 aromatic rings. The predicted molar refractivity (Wildman–Crippen MR) is 105 cm³/mol. The van der Waals surface area contributed by atoms with E-state index in [4.69, 9.17) is 4.74 Å². The number of rotatable bonds is 8. The molecule has 2 unspecified atom stereocenters. The Balaban J connectivity index is 2.78. The zero-order chi connectivity index (χ0) is 18.8.